The number of nitrogens with zero attached hydrogens (tertiary/aromatic N) is 1. The van der Waals surface area contributed by atoms with Crippen molar-refractivity contribution in [2.45, 2.75) is 38.6 Å². The van der Waals surface area contributed by atoms with Crippen molar-refractivity contribution in [3.8, 4) is 5.88 Å². The Bertz CT molecular complexity index is 540. The summed E-state index contributed by atoms with van der Waals surface area (Å²) in [6.07, 6.45) is 6.21. The molecule has 1 amide bonds. The molecule has 5 nitrogen and oxygen atoms in total. The fraction of sp³-hybridized carbons (Fsp3) is 0.588. The van der Waals surface area contributed by atoms with Crippen LogP contribution in [0.3, 0.4) is 0 Å². The lowest BCUT2D eigenvalue weighted by Gasteiger charge is -2.36. The van der Waals surface area contributed by atoms with E-state index in [-0.39, 0.29) is 23.7 Å². The Kier molecular flexibility index (Phi) is 4.41. The quantitative estimate of drug-likeness (QED) is 0.925. The van der Waals surface area contributed by atoms with E-state index in [1.165, 1.54) is 0 Å². The zero-order valence-electron chi connectivity index (χ0n) is 12.9. The number of nitrogens with one attached hydrogen (secondary N) is 1. The molecule has 2 saturated carbocycles. The minimum atomic E-state index is -0.0146. The van der Waals surface area contributed by atoms with E-state index in [9.17, 15) is 9.59 Å². The number of rotatable bonds is 4. The molecule has 0 aliphatic heterocycles. The topological polar surface area (TPSA) is 68.3 Å². The molecule has 2 bridgehead atoms. The lowest BCUT2D eigenvalue weighted by molar-refractivity contribution is -0.137. The van der Waals surface area contributed by atoms with Crippen LogP contribution < -0.4 is 10.1 Å². The van der Waals surface area contributed by atoms with Crippen LogP contribution in [0.4, 0.5) is 0 Å². The van der Waals surface area contributed by atoms with Gasteiger partial charge in [-0.15, -0.1) is 0 Å². The fourth-order valence-electron chi connectivity index (χ4n) is 3.66. The standard InChI is InChI=1S/C17H22N2O3/c1-22-15-6-5-11(9-18-15)10-19-17(21)14-7-12-3-2-4-13(8-14)16(12)20/h5-6,9,12-14H,2-4,7-8,10H2,1H3,(H,19,21). The molecule has 1 N–H and O–H groups in total. The van der Waals surface area contributed by atoms with Crippen molar-refractivity contribution >= 4 is 11.7 Å². The van der Waals surface area contributed by atoms with Crippen LogP contribution in [-0.2, 0) is 16.1 Å². The van der Waals surface area contributed by atoms with E-state index < -0.39 is 0 Å². The number of pyridine rings is 1. The molecule has 2 unspecified atom stereocenters. The van der Waals surface area contributed by atoms with Gasteiger partial charge >= 0.3 is 0 Å². The van der Waals surface area contributed by atoms with Gasteiger partial charge in [-0.05, 0) is 31.2 Å². The Morgan fingerprint density at radius 1 is 1.32 bits per heavy atom. The Hall–Kier alpha value is -1.91. The van der Waals surface area contributed by atoms with Crippen LogP contribution in [0.5, 0.6) is 5.88 Å². The number of hydrogen-bond acceptors (Lipinski definition) is 4. The molecule has 1 heterocycles. The van der Waals surface area contributed by atoms with Gasteiger partial charge in [-0.25, -0.2) is 4.98 Å². The van der Waals surface area contributed by atoms with Crippen molar-refractivity contribution in [3.05, 3.63) is 23.9 Å². The van der Waals surface area contributed by atoms with E-state index in [4.69, 9.17) is 4.74 Å². The normalized spacial score (nSPS) is 27.3. The average Bonchev–Trinajstić information content (AvgIpc) is 2.53. The van der Waals surface area contributed by atoms with Gasteiger partial charge in [-0.3, -0.25) is 9.59 Å². The minimum Gasteiger partial charge on any atom is -0.481 e. The number of Topliss-reactive ketones (excluding diaryl/α,β-unsaturated/α-hetero) is 1. The average molecular weight is 302 g/mol. The van der Waals surface area contributed by atoms with Gasteiger partial charge in [0.05, 0.1) is 7.11 Å². The molecule has 118 valence electrons. The third-order valence-electron chi connectivity index (χ3n) is 4.89. The molecule has 0 saturated heterocycles. The van der Waals surface area contributed by atoms with Gasteiger partial charge in [-0.2, -0.15) is 0 Å². The fourth-order valence-corrected chi connectivity index (χ4v) is 3.66. The molecular formula is C17H22N2O3. The second-order valence-corrected chi connectivity index (χ2v) is 6.32. The van der Waals surface area contributed by atoms with E-state index in [0.717, 1.165) is 37.7 Å². The van der Waals surface area contributed by atoms with Crippen LogP contribution in [0.25, 0.3) is 0 Å². The van der Waals surface area contributed by atoms with Gasteiger partial charge in [0, 0.05) is 36.6 Å². The zero-order chi connectivity index (χ0) is 15.5. The molecule has 2 fully saturated rings. The van der Waals surface area contributed by atoms with Gasteiger partial charge in [0.1, 0.15) is 5.78 Å². The third-order valence-corrected chi connectivity index (χ3v) is 4.89. The zero-order valence-corrected chi connectivity index (χ0v) is 12.9. The molecule has 1 aromatic heterocycles. The number of ketones is 1. The number of carbonyl (C=O) groups is 2. The Morgan fingerprint density at radius 2 is 2.05 bits per heavy atom. The summed E-state index contributed by atoms with van der Waals surface area (Å²) in [5, 5.41) is 2.98. The molecular weight excluding hydrogens is 280 g/mol. The van der Waals surface area contributed by atoms with E-state index in [1.807, 2.05) is 6.07 Å². The van der Waals surface area contributed by atoms with Crippen LogP contribution in [0, 0.1) is 17.8 Å². The maximum absolute atomic E-state index is 12.4. The van der Waals surface area contributed by atoms with Crippen LogP contribution in [0.15, 0.2) is 18.3 Å². The van der Waals surface area contributed by atoms with Gasteiger partial charge < -0.3 is 10.1 Å². The molecule has 1 aromatic rings. The maximum atomic E-state index is 12.4. The van der Waals surface area contributed by atoms with Crippen molar-refractivity contribution in [1.29, 1.82) is 0 Å². The van der Waals surface area contributed by atoms with Crippen LogP contribution >= 0.6 is 0 Å². The molecule has 2 atom stereocenters. The minimum absolute atomic E-state index is 0.0146. The molecule has 0 spiro atoms. The number of carbonyl (C=O) groups excluding carboxylic acids is 2. The first-order chi connectivity index (χ1) is 10.7. The van der Waals surface area contributed by atoms with Crippen molar-refractivity contribution in [1.82, 2.24) is 10.3 Å². The maximum Gasteiger partial charge on any atom is 0.223 e. The Morgan fingerprint density at radius 3 is 2.64 bits per heavy atom. The van der Waals surface area contributed by atoms with Crippen molar-refractivity contribution in [2.24, 2.45) is 17.8 Å². The van der Waals surface area contributed by atoms with Crippen LogP contribution in [-0.4, -0.2) is 23.8 Å². The van der Waals surface area contributed by atoms with Crippen molar-refractivity contribution in [3.63, 3.8) is 0 Å². The highest BCUT2D eigenvalue weighted by Crippen LogP contribution is 2.40. The van der Waals surface area contributed by atoms with Gasteiger partial charge in [-0.1, -0.05) is 12.5 Å². The number of aromatic nitrogens is 1. The highest BCUT2D eigenvalue weighted by atomic mass is 16.5. The summed E-state index contributed by atoms with van der Waals surface area (Å²) in [4.78, 5) is 28.6. The lowest BCUT2D eigenvalue weighted by atomic mass is 9.67. The van der Waals surface area contributed by atoms with Gasteiger partial charge in [0.25, 0.3) is 0 Å². The second kappa shape index (κ2) is 6.46. The largest absolute Gasteiger partial charge is 0.481 e. The number of hydrogen-bond donors (Lipinski definition) is 1. The second-order valence-electron chi connectivity index (χ2n) is 6.32. The van der Waals surface area contributed by atoms with Crippen LogP contribution in [0.2, 0.25) is 0 Å². The number of amides is 1. The number of methoxy groups -OCH3 is 1. The molecule has 0 aromatic carbocycles. The van der Waals surface area contributed by atoms with E-state index in [0.29, 0.717) is 18.2 Å². The lowest BCUT2D eigenvalue weighted by Crippen LogP contribution is -2.42. The first kappa shape index (κ1) is 15.0. The molecule has 2 aliphatic rings. The highest BCUT2D eigenvalue weighted by molar-refractivity contribution is 5.88. The molecule has 5 heteroatoms. The summed E-state index contributed by atoms with van der Waals surface area (Å²) in [7, 11) is 1.57. The first-order valence-corrected chi connectivity index (χ1v) is 7.97. The summed E-state index contributed by atoms with van der Waals surface area (Å²) in [6, 6.07) is 3.68. The number of ether oxygens (including phenoxy) is 1. The summed E-state index contributed by atoms with van der Waals surface area (Å²) in [5.74, 6) is 1.25. The molecule has 0 radical (unpaired) electrons. The number of fused-ring (bicyclic) bond motifs is 2. The Labute approximate surface area is 130 Å². The molecule has 22 heavy (non-hydrogen) atoms. The van der Waals surface area contributed by atoms with E-state index in [1.54, 1.807) is 19.4 Å². The summed E-state index contributed by atoms with van der Waals surface area (Å²) < 4.78 is 5.01. The van der Waals surface area contributed by atoms with Gasteiger partial charge in [0.15, 0.2) is 0 Å². The summed E-state index contributed by atoms with van der Waals surface area (Å²) >= 11 is 0. The van der Waals surface area contributed by atoms with Crippen LogP contribution in [0.1, 0.15) is 37.7 Å². The summed E-state index contributed by atoms with van der Waals surface area (Å²) in [5.41, 5.74) is 0.946. The monoisotopic (exact) mass is 302 g/mol. The smallest absolute Gasteiger partial charge is 0.223 e. The van der Waals surface area contributed by atoms with E-state index >= 15 is 0 Å². The molecule has 3 rings (SSSR count). The van der Waals surface area contributed by atoms with Gasteiger partial charge in [0.2, 0.25) is 11.8 Å². The van der Waals surface area contributed by atoms with E-state index in [2.05, 4.69) is 10.3 Å². The Balaban J connectivity index is 1.54. The van der Waals surface area contributed by atoms with Crippen molar-refractivity contribution < 1.29 is 14.3 Å². The van der Waals surface area contributed by atoms with Crippen molar-refractivity contribution in [2.75, 3.05) is 7.11 Å². The molecule has 2 aliphatic carbocycles. The highest BCUT2D eigenvalue weighted by Gasteiger charge is 2.41. The SMILES string of the molecule is COc1ccc(CNC(=O)C2CC3CCCC(C2)C3=O)cn1. The summed E-state index contributed by atoms with van der Waals surface area (Å²) in [6.45, 7) is 0.468. The predicted molar refractivity (Wildman–Crippen MR) is 81.2 cm³/mol. The predicted octanol–water partition coefficient (Wildman–Crippen LogP) is 2.10. The third kappa shape index (κ3) is 3.13. The first-order valence-electron chi connectivity index (χ1n) is 7.97.